The number of fused-ring (bicyclic) bond motifs is 1. The summed E-state index contributed by atoms with van der Waals surface area (Å²) < 4.78 is 15.7. The van der Waals surface area contributed by atoms with Crippen LogP contribution in [0.25, 0.3) is 11.3 Å². The van der Waals surface area contributed by atoms with E-state index in [4.69, 9.17) is 13.9 Å². The highest BCUT2D eigenvalue weighted by Crippen LogP contribution is 2.33. The maximum absolute atomic E-state index is 11.7. The Morgan fingerprint density at radius 3 is 2.83 bits per heavy atom. The van der Waals surface area contributed by atoms with E-state index in [0.717, 1.165) is 5.56 Å². The molecule has 0 bridgehead atoms. The molecule has 0 atom stereocenters. The molecule has 0 aliphatic carbocycles. The lowest BCUT2D eigenvalue weighted by Crippen LogP contribution is -2.38. The van der Waals surface area contributed by atoms with E-state index in [1.165, 1.54) is 6.20 Å². The lowest BCUT2D eigenvalue weighted by Gasteiger charge is -2.31. The number of esters is 1. The minimum Gasteiger partial charge on any atom is -0.472 e. The zero-order valence-electron chi connectivity index (χ0n) is 9.97. The van der Waals surface area contributed by atoms with Crippen molar-refractivity contribution in [1.29, 1.82) is 0 Å². The third-order valence-electron chi connectivity index (χ3n) is 2.60. The van der Waals surface area contributed by atoms with Crippen LogP contribution in [0.4, 0.5) is 0 Å². The van der Waals surface area contributed by atoms with Crippen LogP contribution in [0.15, 0.2) is 35.3 Å². The summed E-state index contributed by atoms with van der Waals surface area (Å²) in [6.07, 6.45) is 4.60. The fourth-order valence-corrected chi connectivity index (χ4v) is 1.81. The summed E-state index contributed by atoms with van der Waals surface area (Å²) in [6, 6.07) is 3.50. The fourth-order valence-electron chi connectivity index (χ4n) is 1.81. The summed E-state index contributed by atoms with van der Waals surface area (Å²) in [5.41, 5.74) is 1.85. The van der Waals surface area contributed by atoms with Crippen molar-refractivity contribution in [3.63, 3.8) is 0 Å². The van der Waals surface area contributed by atoms with E-state index >= 15 is 0 Å². The lowest BCUT2D eigenvalue weighted by atomic mass is 10.1. The average Bonchev–Trinajstić information content (AvgIpc) is 2.79. The molecule has 0 spiro atoms. The Morgan fingerprint density at radius 2 is 2.11 bits per heavy atom. The van der Waals surface area contributed by atoms with Gasteiger partial charge in [-0.25, -0.2) is 4.79 Å². The summed E-state index contributed by atoms with van der Waals surface area (Å²) in [5, 5.41) is 0. The number of carbonyl (C=O) groups excluding carboxylic acids is 1. The van der Waals surface area contributed by atoms with Crippen LogP contribution in [-0.2, 0) is 4.74 Å². The molecule has 1 aliphatic rings. The molecule has 1 aliphatic heterocycles. The highest BCUT2D eigenvalue weighted by molar-refractivity contribution is 5.93. The normalized spacial score (nSPS) is 16.7. The average molecular weight is 245 g/mol. The van der Waals surface area contributed by atoms with Crippen LogP contribution in [0.1, 0.15) is 24.2 Å². The second-order valence-corrected chi connectivity index (χ2v) is 4.47. The van der Waals surface area contributed by atoms with Gasteiger partial charge in [0, 0.05) is 31.7 Å². The Bertz CT molecular complexity index is 601. The zero-order chi connectivity index (χ0) is 12.8. The number of nitrogens with zero attached hydrogens (tertiary/aromatic N) is 1. The Morgan fingerprint density at radius 1 is 1.28 bits per heavy atom. The Hall–Kier alpha value is -2.30. The largest absolute Gasteiger partial charge is 0.472 e. The second kappa shape index (κ2) is 3.60. The van der Waals surface area contributed by atoms with Gasteiger partial charge in [-0.1, -0.05) is 0 Å². The molecule has 0 unspecified atom stereocenters. The van der Waals surface area contributed by atoms with E-state index in [1.54, 1.807) is 38.5 Å². The quantitative estimate of drug-likeness (QED) is 0.723. The molecular formula is C13H11NO4. The van der Waals surface area contributed by atoms with Crippen LogP contribution in [0.2, 0.25) is 0 Å². The van der Waals surface area contributed by atoms with Crippen molar-refractivity contribution in [2.75, 3.05) is 0 Å². The Kier molecular flexibility index (Phi) is 2.16. The van der Waals surface area contributed by atoms with Gasteiger partial charge in [-0.05, 0) is 6.07 Å². The number of hydrogen-bond donors (Lipinski definition) is 0. The maximum Gasteiger partial charge on any atom is 0.346 e. The number of aromatic nitrogens is 1. The van der Waals surface area contributed by atoms with Crippen molar-refractivity contribution < 1.29 is 18.7 Å². The molecule has 0 aromatic carbocycles. The topological polar surface area (TPSA) is 61.6 Å². The predicted octanol–water partition coefficient (Wildman–Crippen LogP) is 2.63. The van der Waals surface area contributed by atoms with Crippen molar-refractivity contribution >= 4 is 5.97 Å². The summed E-state index contributed by atoms with van der Waals surface area (Å²) in [7, 11) is 0. The molecule has 2 aromatic rings. The van der Waals surface area contributed by atoms with E-state index in [-0.39, 0.29) is 0 Å². The summed E-state index contributed by atoms with van der Waals surface area (Å²) in [5.74, 6) is -0.908. The molecule has 2 aromatic heterocycles. The third-order valence-corrected chi connectivity index (χ3v) is 2.60. The molecule has 3 rings (SSSR count). The smallest absolute Gasteiger partial charge is 0.346 e. The molecule has 92 valence electrons. The van der Waals surface area contributed by atoms with Crippen LogP contribution in [0.3, 0.4) is 0 Å². The molecule has 0 N–H and O–H groups in total. The number of rotatable bonds is 1. The van der Waals surface area contributed by atoms with Gasteiger partial charge in [0.05, 0.1) is 18.2 Å². The van der Waals surface area contributed by atoms with Crippen molar-refractivity contribution in [3.8, 4) is 17.0 Å². The number of cyclic esters (lactones) is 1. The first-order chi connectivity index (χ1) is 8.55. The van der Waals surface area contributed by atoms with Crippen LogP contribution in [0, 0.1) is 0 Å². The summed E-state index contributed by atoms with van der Waals surface area (Å²) in [4.78, 5) is 15.9. The summed E-state index contributed by atoms with van der Waals surface area (Å²) >= 11 is 0. The van der Waals surface area contributed by atoms with Gasteiger partial charge in [-0.3, -0.25) is 4.98 Å². The molecule has 5 heteroatoms. The van der Waals surface area contributed by atoms with Crippen LogP contribution < -0.4 is 4.74 Å². The van der Waals surface area contributed by atoms with Gasteiger partial charge in [-0.2, -0.15) is 0 Å². The molecular weight excluding hydrogens is 234 g/mol. The lowest BCUT2D eigenvalue weighted by molar-refractivity contribution is -0.127. The zero-order valence-corrected chi connectivity index (χ0v) is 9.97. The monoisotopic (exact) mass is 245 g/mol. The number of carbonyl (C=O) groups is 1. The van der Waals surface area contributed by atoms with E-state index in [9.17, 15) is 4.79 Å². The van der Waals surface area contributed by atoms with Gasteiger partial charge in [0.2, 0.25) is 5.79 Å². The first-order valence-electron chi connectivity index (χ1n) is 5.50. The standard InChI is InChI=1S/C13H11NO4/c1-13(2)17-11-5-10(8-3-4-16-7-8)14-6-9(11)12(15)18-13/h3-7H,1-2H3. The summed E-state index contributed by atoms with van der Waals surface area (Å²) in [6.45, 7) is 3.37. The van der Waals surface area contributed by atoms with Crippen LogP contribution >= 0.6 is 0 Å². The minimum absolute atomic E-state index is 0.335. The maximum atomic E-state index is 11.7. The van der Waals surface area contributed by atoms with E-state index in [1.807, 2.05) is 0 Å². The van der Waals surface area contributed by atoms with Gasteiger partial charge in [0.25, 0.3) is 0 Å². The molecule has 0 radical (unpaired) electrons. The van der Waals surface area contributed by atoms with Crippen LogP contribution in [0.5, 0.6) is 5.75 Å². The first-order valence-corrected chi connectivity index (χ1v) is 5.50. The van der Waals surface area contributed by atoms with Crippen molar-refractivity contribution in [1.82, 2.24) is 4.98 Å². The van der Waals surface area contributed by atoms with Gasteiger partial charge in [0.15, 0.2) is 0 Å². The Balaban J connectivity index is 2.08. The molecule has 18 heavy (non-hydrogen) atoms. The molecule has 0 saturated carbocycles. The number of ether oxygens (including phenoxy) is 2. The van der Waals surface area contributed by atoms with Crippen molar-refractivity contribution in [2.45, 2.75) is 19.6 Å². The Labute approximate surface area is 103 Å². The van der Waals surface area contributed by atoms with E-state index in [2.05, 4.69) is 4.98 Å². The SMILES string of the molecule is CC1(C)OC(=O)c2cnc(-c3ccoc3)cc2O1. The van der Waals surface area contributed by atoms with Crippen molar-refractivity contribution in [2.24, 2.45) is 0 Å². The van der Waals surface area contributed by atoms with Crippen molar-refractivity contribution in [3.05, 3.63) is 36.4 Å². The fraction of sp³-hybridized carbons (Fsp3) is 0.231. The number of pyridine rings is 1. The van der Waals surface area contributed by atoms with Crippen LogP contribution in [-0.4, -0.2) is 16.7 Å². The molecule has 0 saturated heterocycles. The van der Waals surface area contributed by atoms with E-state index < -0.39 is 11.8 Å². The molecule has 5 nitrogen and oxygen atoms in total. The third kappa shape index (κ3) is 1.73. The highest BCUT2D eigenvalue weighted by atomic mass is 16.7. The number of furan rings is 1. The van der Waals surface area contributed by atoms with Gasteiger partial charge in [-0.15, -0.1) is 0 Å². The second-order valence-electron chi connectivity index (χ2n) is 4.47. The minimum atomic E-state index is -0.959. The predicted molar refractivity (Wildman–Crippen MR) is 62.1 cm³/mol. The van der Waals surface area contributed by atoms with Gasteiger partial charge < -0.3 is 13.9 Å². The first kappa shape index (κ1) is 10.8. The van der Waals surface area contributed by atoms with Gasteiger partial charge in [0.1, 0.15) is 11.3 Å². The van der Waals surface area contributed by atoms with E-state index in [0.29, 0.717) is 17.0 Å². The molecule has 3 heterocycles. The molecule has 0 fully saturated rings. The number of hydrogen-bond acceptors (Lipinski definition) is 5. The van der Waals surface area contributed by atoms with Gasteiger partial charge >= 0.3 is 5.97 Å². The highest BCUT2D eigenvalue weighted by Gasteiger charge is 2.34. The molecule has 0 amide bonds.